The van der Waals surface area contributed by atoms with Crippen LogP contribution >= 0.6 is 0 Å². The van der Waals surface area contributed by atoms with Gasteiger partial charge in [-0.15, -0.1) is 0 Å². The molecule has 0 unspecified atom stereocenters. The van der Waals surface area contributed by atoms with Crippen LogP contribution in [0.3, 0.4) is 0 Å². The number of ether oxygens (including phenoxy) is 1. The van der Waals surface area contributed by atoms with Crippen molar-refractivity contribution in [3.05, 3.63) is 71.8 Å². The molecular weight excluding hydrogens is 340 g/mol. The molecule has 0 aliphatic rings. The molecule has 0 saturated heterocycles. The second kappa shape index (κ2) is 8.39. The first-order valence-electron chi connectivity index (χ1n) is 7.56. The van der Waals surface area contributed by atoms with Crippen molar-refractivity contribution in [1.29, 1.82) is 0 Å². The van der Waals surface area contributed by atoms with Gasteiger partial charge in [0.2, 0.25) is 0 Å². The third-order valence-corrected chi connectivity index (χ3v) is 4.50. The quantitative estimate of drug-likeness (QED) is 0.432. The smallest absolute Gasteiger partial charge is 0.314 e. The zero-order valence-corrected chi connectivity index (χ0v) is 14.5. The van der Waals surface area contributed by atoms with E-state index in [4.69, 9.17) is 4.74 Å². The Morgan fingerprint density at radius 2 is 1.64 bits per heavy atom. The van der Waals surface area contributed by atoms with Crippen molar-refractivity contribution in [3.63, 3.8) is 0 Å². The van der Waals surface area contributed by atoms with Crippen molar-refractivity contribution in [2.45, 2.75) is 17.9 Å². The van der Waals surface area contributed by atoms with Crippen molar-refractivity contribution in [2.24, 2.45) is 0 Å². The summed E-state index contributed by atoms with van der Waals surface area (Å²) >= 11 is 0. The Labute approximate surface area is 146 Å². The summed E-state index contributed by atoms with van der Waals surface area (Å²) in [4.78, 5) is 23.7. The molecule has 0 atom stereocenters. The van der Waals surface area contributed by atoms with Gasteiger partial charge in [0.05, 0.1) is 4.90 Å². The van der Waals surface area contributed by atoms with Gasteiger partial charge < -0.3 is 4.74 Å². The minimum Gasteiger partial charge on any atom is -0.460 e. The number of carbonyl (C=O) groups excluding carboxylic acids is 2. The summed E-state index contributed by atoms with van der Waals surface area (Å²) in [5, 5.41) is 0. The van der Waals surface area contributed by atoms with Crippen molar-refractivity contribution < 1.29 is 22.7 Å². The van der Waals surface area contributed by atoms with E-state index in [0.29, 0.717) is 5.56 Å². The summed E-state index contributed by atoms with van der Waals surface area (Å²) < 4.78 is 28.4. The summed E-state index contributed by atoms with van der Waals surface area (Å²) in [7, 11) is -3.40. The molecule has 2 aromatic rings. The molecular formula is C19H18O5S. The van der Waals surface area contributed by atoms with Gasteiger partial charge in [0.25, 0.3) is 0 Å². The molecule has 5 nitrogen and oxygen atoms in total. The minimum atomic E-state index is -3.40. The lowest BCUT2D eigenvalue weighted by Gasteiger charge is -2.04. The number of sulfone groups is 1. The first kappa shape index (κ1) is 18.6. The average molecular weight is 358 g/mol. The molecule has 2 aromatic carbocycles. The Morgan fingerprint density at radius 3 is 2.32 bits per heavy atom. The summed E-state index contributed by atoms with van der Waals surface area (Å²) in [6.45, 7) is 0.105. The molecule has 130 valence electrons. The summed E-state index contributed by atoms with van der Waals surface area (Å²) in [5.74, 6) is -1.09. The number of esters is 1. The van der Waals surface area contributed by atoms with Gasteiger partial charge in [0.15, 0.2) is 15.6 Å². The number of ketones is 1. The molecule has 6 heteroatoms. The van der Waals surface area contributed by atoms with Crippen LogP contribution in [0.1, 0.15) is 17.5 Å². The number of hydrogen-bond acceptors (Lipinski definition) is 5. The van der Waals surface area contributed by atoms with Gasteiger partial charge in [-0.25, -0.2) is 8.42 Å². The Morgan fingerprint density at radius 1 is 1.00 bits per heavy atom. The van der Waals surface area contributed by atoms with Crippen LogP contribution in [0, 0.1) is 0 Å². The Hall–Kier alpha value is -2.73. The van der Waals surface area contributed by atoms with Crippen LogP contribution in [0.4, 0.5) is 0 Å². The van der Waals surface area contributed by atoms with Crippen molar-refractivity contribution >= 4 is 27.7 Å². The van der Waals surface area contributed by atoms with E-state index in [1.54, 1.807) is 18.2 Å². The predicted octanol–water partition coefficient (Wildman–Crippen LogP) is 2.81. The molecule has 0 N–H and O–H groups in total. The zero-order chi connectivity index (χ0) is 18.3. The van der Waals surface area contributed by atoms with Crippen LogP contribution in [-0.2, 0) is 30.8 Å². The van der Waals surface area contributed by atoms with Crippen molar-refractivity contribution in [1.82, 2.24) is 0 Å². The summed E-state index contributed by atoms with van der Waals surface area (Å²) in [6.07, 6.45) is 3.28. The molecule has 0 aliphatic carbocycles. The fourth-order valence-electron chi connectivity index (χ4n) is 2.13. The van der Waals surface area contributed by atoms with Crippen LogP contribution in [0.5, 0.6) is 0 Å². The fraction of sp³-hybridized carbons (Fsp3) is 0.158. The molecule has 0 aromatic heterocycles. The SMILES string of the molecule is CS(=O)(=O)c1ccccc1C=CC(=O)CC(=O)OCc1ccccc1. The monoisotopic (exact) mass is 358 g/mol. The molecule has 0 fully saturated rings. The maximum atomic E-state index is 11.9. The van der Waals surface area contributed by atoms with E-state index in [1.807, 2.05) is 30.3 Å². The molecule has 0 heterocycles. The van der Waals surface area contributed by atoms with E-state index in [0.717, 1.165) is 11.8 Å². The second-order valence-electron chi connectivity index (χ2n) is 5.43. The van der Waals surface area contributed by atoms with E-state index in [-0.39, 0.29) is 11.5 Å². The third-order valence-electron chi connectivity index (χ3n) is 3.33. The number of rotatable bonds is 7. The number of carbonyl (C=O) groups is 2. The maximum Gasteiger partial charge on any atom is 0.314 e. The van der Waals surface area contributed by atoms with E-state index >= 15 is 0 Å². The van der Waals surface area contributed by atoms with Gasteiger partial charge in [-0.1, -0.05) is 54.6 Å². The molecule has 2 rings (SSSR count). The molecule has 0 radical (unpaired) electrons. The third kappa shape index (κ3) is 6.00. The molecule has 0 saturated carbocycles. The lowest BCUT2D eigenvalue weighted by molar-refractivity contribution is -0.146. The largest absolute Gasteiger partial charge is 0.460 e. The predicted molar refractivity (Wildman–Crippen MR) is 94.4 cm³/mol. The summed E-state index contributed by atoms with van der Waals surface area (Å²) in [5.41, 5.74) is 1.23. The van der Waals surface area contributed by atoms with Gasteiger partial charge in [-0.2, -0.15) is 0 Å². The Kier molecular flexibility index (Phi) is 6.25. The highest BCUT2D eigenvalue weighted by Crippen LogP contribution is 2.16. The van der Waals surface area contributed by atoms with Crippen LogP contribution in [0.15, 0.2) is 65.6 Å². The first-order chi connectivity index (χ1) is 11.9. The van der Waals surface area contributed by atoms with Gasteiger partial charge in [0, 0.05) is 6.26 Å². The van der Waals surface area contributed by atoms with Crippen molar-refractivity contribution in [3.8, 4) is 0 Å². The fourth-order valence-corrected chi connectivity index (χ4v) is 3.02. The van der Waals surface area contributed by atoms with Crippen LogP contribution in [-0.4, -0.2) is 26.4 Å². The standard InChI is InChI=1S/C19H18O5S/c1-25(22,23)18-10-6-5-9-16(18)11-12-17(20)13-19(21)24-14-15-7-3-2-4-8-15/h2-12H,13-14H2,1H3. The Balaban J connectivity index is 1.94. The van der Waals surface area contributed by atoms with Gasteiger partial charge in [0.1, 0.15) is 13.0 Å². The minimum absolute atomic E-state index is 0.105. The molecule has 0 spiro atoms. The van der Waals surface area contributed by atoms with Gasteiger partial charge >= 0.3 is 5.97 Å². The lowest BCUT2D eigenvalue weighted by atomic mass is 10.1. The number of benzene rings is 2. The molecule has 0 aliphatic heterocycles. The maximum absolute atomic E-state index is 11.9. The highest BCUT2D eigenvalue weighted by atomic mass is 32.2. The van der Waals surface area contributed by atoms with Crippen LogP contribution in [0.25, 0.3) is 6.08 Å². The van der Waals surface area contributed by atoms with E-state index in [2.05, 4.69) is 0 Å². The number of allylic oxidation sites excluding steroid dienone is 1. The normalized spacial score (nSPS) is 11.4. The van der Waals surface area contributed by atoms with Crippen LogP contribution < -0.4 is 0 Å². The summed E-state index contributed by atoms with van der Waals surface area (Å²) in [6, 6.07) is 15.5. The lowest BCUT2D eigenvalue weighted by Crippen LogP contribution is -2.09. The van der Waals surface area contributed by atoms with Gasteiger partial charge in [-0.05, 0) is 23.3 Å². The first-order valence-corrected chi connectivity index (χ1v) is 9.45. The van der Waals surface area contributed by atoms with E-state index in [9.17, 15) is 18.0 Å². The zero-order valence-electron chi connectivity index (χ0n) is 13.7. The van der Waals surface area contributed by atoms with E-state index in [1.165, 1.54) is 18.2 Å². The second-order valence-corrected chi connectivity index (χ2v) is 7.42. The Bertz CT molecular complexity index is 883. The number of hydrogen-bond donors (Lipinski definition) is 0. The average Bonchev–Trinajstić information content (AvgIpc) is 2.58. The van der Waals surface area contributed by atoms with E-state index < -0.39 is 28.0 Å². The molecule has 25 heavy (non-hydrogen) atoms. The topological polar surface area (TPSA) is 77.5 Å². The highest BCUT2D eigenvalue weighted by Gasteiger charge is 2.12. The molecule has 0 amide bonds. The van der Waals surface area contributed by atoms with Crippen molar-refractivity contribution in [2.75, 3.05) is 6.26 Å². The van der Waals surface area contributed by atoms with Crippen LogP contribution in [0.2, 0.25) is 0 Å². The van der Waals surface area contributed by atoms with Gasteiger partial charge in [-0.3, -0.25) is 9.59 Å². The highest BCUT2D eigenvalue weighted by molar-refractivity contribution is 7.90. The molecule has 0 bridgehead atoms.